The Morgan fingerprint density at radius 1 is 1.04 bits per heavy atom. The number of aryl methyl sites for hydroxylation is 1. The van der Waals surface area contributed by atoms with Gasteiger partial charge in [0.2, 0.25) is 5.91 Å². The first-order chi connectivity index (χ1) is 10.7. The molecule has 23 heavy (non-hydrogen) atoms. The molecule has 122 valence electrons. The van der Waals surface area contributed by atoms with Crippen LogP contribution < -0.4 is 10.0 Å². The molecular weight excluding hydrogens is 326 g/mol. The minimum atomic E-state index is -4.18. The highest BCUT2D eigenvalue weighted by Crippen LogP contribution is 2.24. The van der Waals surface area contributed by atoms with Crippen molar-refractivity contribution in [3.63, 3.8) is 0 Å². The van der Waals surface area contributed by atoms with E-state index in [1.54, 1.807) is 6.92 Å². The Morgan fingerprint density at radius 2 is 1.70 bits per heavy atom. The number of hydrogen-bond donors (Lipinski definition) is 2. The van der Waals surface area contributed by atoms with Gasteiger partial charge in [-0.3, -0.25) is 9.52 Å². The summed E-state index contributed by atoms with van der Waals surface area (Å²) >= 11 is 0. The van der Waals surface area contributed by atoms with Crippen molar-refractivity contribution >= 4 is 27.3 Å². The van der Waals surface area contributed by atoms with Crippen LogP contribution in [-0.4, -0.2) is 14.3 Å². The van der Waals surface area contributed by atoms with Crippen molar-refractivity contribution in [2.24, 2.45) is 0 Å². The van der Waals surface area contributed by atoms with Crippen LogP contribution in [0, 0.1) is 18.6 Å². The third-order valence-corrected chi connectivity index (χ3v) is 4.30. The number of rotatable bonds is 4. The molecule has 2 rings (SSSR count). The minimum Gasteiger partial charge on any atom is -0.324 e. The van der Waals surface area contributed by atoms with Gasteiger partial charge in [0.05, 0.1) is 11.4 Å². The van der Waals surface area contributed by atoms with E-state index in [4.69, 9.17) is 0 Å². The second-order valence-corrected chi connectivity index (χ2v) is 6.57. The molecule has 2 aromatic carbocycles. The molecule has 0 bridgehead atoms. The zero-order valence-electron chi connectivity index (χ0n) is 12.4. The van der Waals surface area contributed by atoms with Gasteiger partial charge in [0, 0.05) is 6.92 Å². The van der Waals surface area contributed by atoms with Gasteiger partial charge in [-0.25, -0.2) is 17.2 Å². The van der Waals surface area contributed by atoms with Gasteiger partial charge in [0.25, 0.3) is 10.0 Å². The van der Waals surface area contributed by atoms with Gasteiger partial charge in [-0.1, -0.05) is 6.07 Å². The molecule has 1 amide bonds. The van der Waals surface area contributed by atoms with E-state index in [1.807, 2.05) is 0 Å². The largest absolute Gasteiger partial charge is 0.324 e. The number of hydrogen-bond acceptors (Lipinski definition) is 3. The van der Waals surface area contributed by atoms with E-state index in [-0.39, 0.29) is 11.4 Å². The van der Waals surface area contributed by atoms with E-state index >= 15 is 0 Å². The summed E-state index contributed by atoms with van der Waals surface area (Å²) in [7, 11) is -4.18. The lowest BCUT2D eigenvalue weighted by molar-refractivity contribution is -0.114. The second kappa shape index (κ2) is 6.33. The van der Waals surface area contributed by atoms with Gasteiger partial charge in [-0.05, 0) is 42.8 Å². The molecule has 2 N–H and O–H groups in total. The van der Waals surface area contributed by atoms with Gasteiger partial charge < -0.3 is 5.32 Å². The smallest absolute Gasteiger partial charge is 0.264 e. The molecule has 0 spiro atoms. The Bertz CT molecular complexity index is 867. The fourth-order valence-electron chi connectivity index (χ4n) is 1.90. The Balaban J connectivity index is 2.37. The summed E-state index contributed by atoms with van der Waals surface area (Å²) in [6.45, 7) is 2.82. The second-order valence-electron chi connectivity index (χ2n) is 4.92. The normalized spacial score (nSPS) is 11.1. The van der Waals surface area contributed by atoms with Crippen LogP contribution in [0.25, 0.3) is 0 Å². The summed E-state index contributed by atoms with van der Waals surface area (Å²) in [6, 6.07) is 6.97. The van der Waals surface area contributed by atoms with Crippen molar-refractivity contribution in [3.05, 3.63) is 53.6 Å². The van der Waals surface area contributed by atoms with Crippen LogP contribution in [-0.2, 0) is 14.8 Å². The SMILES string of the molecule is CC(=O)Nc1cc(NS(=O)(=O)c2cc(C)ccc2F)ccc1F. The van der Waals surface area contributed by atoms with Crippen molar-refractivity contribution in [1.82, 2.24) is 0 Å². The molecule has 0 saturated carbocycles. The fourth-order valence-corrected chi connectivity index (χ4v) is 3.11. The van der Waals surface area contributed by atoms with Gasteiger partial charge >= 0.3 is 0 Å². The molecule has 0 unspecified atom stereocenters. The maximum absolute atomic E-state index is 13.7. The number of anilines is 2. The van der Waals surface area contributed by atoms with Gasteiger partial charge in [0.15, 0.2) is 0 Å². The van der Waals surface area contributed by atoms with Crippen LogP contribution >= 0.6 is 0 Å². The molecule has 0 heterocycles. The number of nitrogens with one attached hydrogen (secondary N) is 2. The third kappa shape index (κ3) is 4.04. The van der Waals surface area contributed by atoms with E-state index in [1.165, 1.54) is 25.1 Å². The van der Waals surface area contributed by atoms with Crippen molar-refractivity contribution in [3.8, 4) is 0 Å². The first-order valence-corrected chi connectivity index (χ1v) is 8.03. The molecule has 0 aliphatic heterocycles. The van der Waals surface area contributed by atoms with Crippen molar-refractivity contribution in [1.29, 1.82) is 0 Å². The van der Waals surface area contributed by atoms with Gasteiger partial charge in [0.1, 0.15) is 16.5 Å². The van der Waals surface area contributed by atoms with Crippen molar-refractivity contribution in [2.45, 2.75) is 18.7 Å². The monoisotopic (exact) mass is 340 g/mol. The number of benzene rings is 2. The summed E-state index contributed by atoms with van der Waals surface area (Å²) in [5.41, 5.74) is 0.392. The molecule has 0 atom stereocenters. The third-order valence-electron chi connectivity index (χ3n) is 2.91. The summed E-state index contributed by atoms with van der Waals surface area (Å²) in [6.07, 6.45) is 0. The predicted molar refractivity (Wildman–Crippen MR) is 82.6 cm³/mol. The molecule has 0 aliphatic rings. The number of amides is 1. The van der Waals surface area contributed by atoms with Crippen LogP contribution in [0.15, 0.2) is 41.3 Å². The maximum Gasteiger partial charge on any atom is 0.264 e. The van der Waals surface area contributed by atoms with Crippen LogP contribution in [0.2, 0.25) is 0 Å². The molecule has 5 nitrogen and oxygen atoms in total. The molecule has 0 aliphatic carbocycles. The average molecular weight is 340 g/mol. The zero-order chi connectivity index (χ0) is 17.2. The topological polar surface area (TPSA) is 75.3 Å². The molecular formula is C15H14F2N2O3S. The number of halogens is 2. The summed E-state index contributed by atoms with van der Waals surface area (Å²) in [5.74, 6) is -2.12. The lowest BCUT2D eigenvalue weighted by Crippen LogP contribution is -2.15. The maximum atomic E-state index is 13.7. The van der Waals surface area contributed by atoms with Crippen molar-refractivity contribution in [2.75, 3.05) is 10.0 Å². The van der Waals surface area contributed by atoms with E-state index in [2.05, 4.69) is 10.0 Å². The number of sulfonamides is 1. The molecule has 0 saturated heterocycles. The average Bonchev–Trinajstić information content (AvgIpc) is 2.44. The molecule has 0 radical (unpaired) electrons. The molecule has 8 heteroatoms. The number of carbonyl (C=O) groups excluding carboxylic acids is 1. The lowest BCUT2D eigenvalue weighted by Gasteiger charge is -2.11. The predicted octanol–water partition coefficient (Wildman–Crippen LogP) is 3.03. The van der Waals surface area contributed by atoms with E-state index in [0.717, 1.165) is 18.2 Å². The highest BCUT2D eigenvalue weighted by Gasteiger charge is 2.20. The first kappa shape index (κ1) is 16.9. The van der Waals surface area contributed by atoms with E-state index in [0.29, 0.717) is 5.56 Å². The molecule has 2 aromatic rings. The summed E-state index contributed by atoms with van der Waals surface area (Å²) in [5, 5.41) is 2.24. The standard InChI is InChI=1S/C15H14F2N2O3S/c1-9-3-5-13(17)15(7-9)23(21,22)19-11-4-6-12(16)14(8-11)18-10(2)20/h3-8,19H,1-2H3,(H,18,20). The lowest BCUT2D eigenvalue weighted by atomic mass is 10.2. The van der Waals surface area contributed by atoms with Crippen LogP contribution in [0.1, 0.15) is 12.5 Å². The highest BCUT2D eigenvalue weighted by atomic mass is 32.2. The molecule has 0 aromatic heterocycles. The quantitative estimate of drug-likeness (QED) is 0.898. The van der Waals surface area contributed by atoms with Gasteiger partial charge in [-0.2, -0.15) is 0 Å². The molecule has 0 fully saturated rings. The Hall–Kier alpha value is -2.48. The number of carbonyl (C=O) groups is 1. The first-order valence-electron chi connectivity index (χ1n) is 6.55. The van der Waals surface area contributed by atoms with Crippen molar-refractivity contribution < 1.29 is 22.0 Å². The Labute approximate surface area is 132 Å². The zero-order valence-corrected chi connectivity index (χ0v) is 13.2. The Morgan fingerprint density at radius 3 is 2.35 bits per heavy atom. The van der Waals surface area contributed by atoms with Crippen LogP contribution in [0.5, 0.6) is 0 Å². The van der Waals surface area contributed by atoms with E-state index < -0.39 is 32.5 Å². The van der Waals surface area contributed by atoms with Gasteiger partial charge in [-0.15, -0.1) is 0 Å². The Kier molecular flexibility index (Phi) is 4.65. The highest BCUT2D eigenvalue weighted by molar-refractivity contribution is 7.92. The fraction of sp³-hybridized carbons (Fsp3) is 0.133. The van der Waals surface area contributed by atoms with E-state index in [9.17, 15) is 22.0 Å². The van der Waals surface area contributed by atoms with Crippen LogP contribution in [0.4, 0.5) is 20.2 Å². The summed E-state index contributed by atoms with van der Waals surface area (Å²) < 4.78 is 54.0. The minimum absolute atomic E-state index is 0.00365. The van der Waals surface area contributed by atoms with Crippen LogP contribution in [0.3, 0.4) is 0 Å². The summed E-state index contributed by atoms with van der Waals surface area (Å²) in [4.78, 5) is 10.5.